The molecule has 2 atom stereocenters. The number of alkyl halides is 1. The zero-order valence-corrected chi connectivity index (χ0v) is 12.1. The highest BCUT2D eigenvalue weighted by atomic mass is 19.1. The number of rotatable bonds is 3. The topological polar surface area (TPSA) is 95.9 Å². The molecule has 0 saturated carbocycles. The molecule has 1 fully saturated rings. The molecule has 1 aliphatic rings. The van der Waals surface area contributed by atoms with E-state index in [0.29, 0.717) is 4.90 Å². The number of carbonyl (C=O) groups is 3. The molecule has 23 heavy (non-hydrogen) atoms. The van der Waals surface area contributed by atoms with Crippen molar-refractivity contribution in [1.29, 1.82) is 0 Å². The van der Waals surface area contributed by atoms with Crippen molar-refractivity contribution in [2.45, 2.75) is 18.6 Å². The number of carbonyl (C=O) groups excluding carboxylic acids is 2. The van der Waals surface area contributed by atoms with E-state index in [2.05, 4.69) is 10.1 Å². The summed E-state index contributed by atoms with van der Waals surface area (Å²) in [5, 5.41) is 11.1. The van der Waals surface area contributed by atoms with Crippen molar-refractivity contribution in [1.82, 2.24) is 4.90 Å². The Morgan fingerprint density at radius 3 is 2.70 bits per heavy atom. The van der Waals surface area contributed by atoms with Gasteiger partial charge in [-0.3, -0.25) is 9.69 Å². The standard InChI is InChI=1S/C14H14F2N2O5/c1-23-13(20)8-3-2-4-9(11(8)16)17-12(19)10-5-7(15)6-18(10)14(21)22/h2-4,7,10H,5-6H2,1H3,(H,17,19)(H,21,22). The van der Waals surface area contributed by atoms with Crippen LogP contribution >= 0.6 is 0 Å². The van der Waals surface area contributed by atoms with E-state index in [1.807, 2.05) is 0 Å². The highest BCUT2D eigenvalue weighted by molar-refractivity contribution is 5.98. The lowest BCUT2D eigenvalue weighted by Crippen LogP contribution is -2.42. The molecule has 1 aliphatic heterocycles. The summed E-state index contributed by atoms with van der Waals surface area (Å²) in [6.45, 7) is -0.419. The number of carboxylic acid groups (broad SMARTS) is 1. The van der Waals surface area contributed by atoms with Crippen molar-refractivity contribution in [3.05, 3.63) is 29.6 Å². The van der Waals surface area contributed by atoms with Crippen molar-refractivity contribution in [2.75, 3.05) is 19.0 Å². The Morgan fingerprint density at radius 1 is 1.39 bits per heavy atom. The fourth-order valence-corrected chi connectivity index (χ4v) is 2.36. The number of halogens is 2. The summed E-state index contributed by atoms with van der Waals surface area (Å²) >= 11 is 0. The first-order chi connectivity index (χ1) is 10.8. The van der Waals surface area contributed by atoms with Crippen LogP contribution in [0.15, 0.2) is 18.2 Å². The van der Waals surface area contributed by atoms with Gasteiger partial charge >= 0.3 is 12.1 Å². The second-order valence-electron chi connectivity index (χ2n) is 4.93. The molecule has 7 nitrogen and oxygen atoms in total. The average molecular weight is 328 g/mol. The Morgan fingerprint density at radius 2 is 2.09 bits per heavy atom. The number of esters is 1. The molecule has 2 rings (SSSR count). The van der Waals surface area contributed by atoms with Gasteiger partial charge < -0.3 is 15.2 Å². The van der Waals surface area contributed by atoms with Gasteiger partial charge in [0.1, 0.15) is 12.2 Å². The SMILES string of the molecule is COC(=O)c1cccc(NC(=O)C2CC(F)CN2C(=O)O)c1F. The summed E-state index contributed by atoms with van der Waals surface area (Å²) < 4.78 is 31.9. The number of hydrogen-bond donors (Lipinski definition) is 2. The molecule has 9 heteroatoms. The number of amides is 2. The van der Waals surface area contributed by atoms with Crippen LogP contribution in [-0.4, -0.2) is 53.8 Å². The first-order valence-corrected chi connectivity index (χ1v) is 6.66. The van der Waals surface area contributed by atoms with Crippen LogP contribution in [0.25, 0.3) is 0 Å². The molecule has 2 unspecified atom stereocenters. The summed E-state index contributed by atoms with van der Waals surface area (Å²) in [6, 6.07) is 2.44. The van der Waals surface area contributed by atoms with Crippen molar-refractivity contribution in [3.63, 3.8) is 0 Å². The van der Waals surface area contributed by atoms with E-state index in [0.717, 1.165) is 7.11 Å². The minimum Gasteiger partial charge on any atom is -0.465 e. The monoisotopic (exact) mass is 328 g/mol. The summed E-state index contributed by atoms with van der Waals surface area (Å²) in [5.74, 6) is -2.80. The Kier molecular flexibility index (Phi) is 4.77. The number of ether oxygens (including phenoxy) is 1. The third-order valence-corrected chi connectivity index (χ3v) is 3.46. The second kappa shape index (κ2) is 6.59. The van der Waals surface area contributed by atoms with E-state index in [1.165, 1.54) is 18.2 Å². The number of likely N-dealkylation sites (tertiary alicyclic amines) is 1. The normalized spacial score (nSPS) is 20.2. The van der Waals surface area contributed by atoms with Gasteiger partial charge in [-0.15, -0.1) is 0 Å². The van der Waals surface area contributed by atoms with Crippen LogP contribution in [0.1, 0.15) is 16.8 Å². The third kappa shape index (κ3) is 3.38. The quantitative estimate of drug-likeness (QED) is 0.823. The molecule has 1 aromatic carbocycles. The smallest absolute Gasteiger partial charge is 0.408 e. The van der Waals surface area contributed by atoms with Gasteiger partial charge in [-0.1, -0.05) is 6.07 Å². The van der Waals surface area contributed by atoms with Gasteiger partial charge in [-0.25, -0.2) is 18.4 Å². The zero-order valence-electron chi connectivity index (χ0n) is 12.1. The van der Waals surface area contributed by atoms with E-state index >= 15 is 0 Å². The van der Waals surface area contributed by atoms with Crippen molar-refractivity contribution >= 4 is 23.7 Å². The summed E-state index contributed by atoms with van der Waals surface area (Å²) in [6.07, 6.45) is -3.21. The third-order valence-electron chi connectivity index (χ3n) is 3.46. The van der Waals surface area contributed by atoms with Crippen LogP contribution in [0.3, 0.4) is 0 Å². The lowest BCUT2D eigenvalue weighted by atomic mass is 10.1. The number of nitrogens with one attached hydrogen (secondary N) is 1. The predicted molar refractivity (Wildman–Crippen MR) is 74.4 cm³/mol. The van der Waals surface area contributed by atoms with Gasteiger partial charge in [0.25, 0.3) is 0 Å². The Hall–Kier alpha value is -2.71. The van der Waals surface area contributed by atoms with E-state index in [1.54, 1.807) is 0 Å². The van der Waals surface area contributed by atoms with Gasteiger partial charge in [0, 0.05) is 6.42 Å². The Bertz CT molecular complexity index is 652. The Labute approximate surface area is 129 Å². The average Bonchev–Trinajstić information content (AvgIpc) is 2.91. The molecule has 0 bridgehead atoms. The highest BCUT2D eigenvalue weighted by Crippen LogP contribution is 2.24. The molecule has 0 spiro atoms. The Balaban J connectivity index is 2.20. The zero-order chi connectivity index (χ0) is 17.1. The molecule has 0 aliphatic carbocycles. The fraction of sp³-hybridized carbons (Fsp3) is 0.357. The van der Waals surface area contributed by atoms with Crippen LogP contribution < -0.4 is 5.32 Å². The second-order valence-corrected chi connectivity index (χ2v) is 4.93. The number of anilines is 1. The molecule has 1 aromatic rings. The van der Waals surface area contributed by atoms with E-state index < -0.39 is 42.5 Å². The van der Waals surface area contributed by atoms with Crippen LogP contribution in [0.2, 0.25) is 0 Å². The lowest BCUT2D eigenvalue weighted by molar-refractivity contribution is -0.120. The summed E-state index contributed by atoms with van der Waals surface area (Å²) in [5.41, 5.74) is -0.694. The molecule has 0 radical (unpaired) electrons. The highest BCUT2D eigenvalue weighted by Gasteiger charge is 2.40. The summed E-state index contributed by atoms with van der Waals surface area (Å²) in [4.78, 5) is 35.2. The maximum atomic E-state index is 14.2. The first-order valence-electron chi connectivity index (χ1n) is 6.66. The molecule has 1 heterocycles. The number of nitrogens with zero attached hydrogens (tertiary/aromatic N) is 1. The van der Waals surface area contributed by atoms with Gasteiger partial charge in [0.05, 0.1) is 24.9 Å². The fourth-order valence-electron chi connectivity index (χ4n) is 2.36. The van der Waals surface area contributed by atoms with E-state index in [9.17, 15) is 23.2 Å². The van der Waals surface area contributed by atoms with Crippen molar-refractivity contribution < 1.29 is 33.0 Å². The van der Waals surface area contributed by atoms with Crippen LogP contribution in [0.4, 0.5) is 19.3 Å². The minimum atomic E-state index is -1.46. The molecule has 2 N–H and O–H groups in total. The maximum absolute atomic E-state index is 14.2. The largest absolute Gasteiger partial charge is 0.465 e. The molecule has 2 amide bonds. The van der Waals surface area contributed by atoms with Crippen molar-refractivity contribution in [2.24, 2.45) is 0 Å². The van der Waals surface area contributed by atoms with Crippen LogP contribution in [0, 0.1) is 5.82 Å². The van der Waals surface area contributed by atoms with Gasteiger partial charge in [0.2, 0.25) is 5.91 Å². The van der Waals surface area contributed by atoms with E-state index in [4.69, 9.17) is 5.11 Å². The predicted octanol–water partition coefficient (Wildman–Crippen LogP) is 1.64. The van der Waals surface area contributed by atoms with Gasteiger partial charge in [-0.2, -0.15) is 0 Å². The van der Waals surface area contributed by atoms with Crippen LogP contribution in [-0.2, 0) is 9.53 Å². The first kappa shape index (κ1) is 16.7. The minimum absolute atomic E-state index is 0.309. The molecule has 1 saturated heterocycles. The number of benzene rings is 1. The van der Waals surface area contributed by atoms with E-state index in [-0.39, 0.29) is 17.7 Å². The van der Waals surface area contributed by atoms with Gasteiger partial charge in [0.15, 0.2) is 5.82 Å². The van der Waals surface area contributed by atoms with Crippen LogP contribution in [0.5, 0.6) is 0 Å². The lowest BCUT2D eigenvalue weighted by Gasteiger charge is -2.20. The number of methoxy groups -OCH3 is 1. The maximum Gasteiger partial charge on any atom is 0.408 e. The molecule has 0 aromatic heterocycles. The van der Waals surface area contributed by atoms with Crippen molar-refractivity contribution in [3.8, 4) is 0 Å². The van der Waals surface area contributed by atoms with Gasteiger partial charge in [-0.05, 0) is 12.1 Å². The molecule has 124 valence electrons. The molecular weight excluding hydrogens is 314 g/mol. The summed E-state index contributed by atoms with van der Waals surface area (Å²) in [7, 11) is 1.08. The number of hydrogen-bond acceptors (Lipinski definition) is 4. The molecular formula is C14H14F2N2O5.